The van der Waals surface area contributed by atoms with Crippen molar-refractivity contribution >= 4 is 15.7 Å². The summed E-state index contributed by atoms with van der Waals surface area (Å²) in [5.41, 5.74) is 0.135. The third kappa shape index (κ3) is 4.07. The molecule has 1 saturated heterocycles. The number of nitrogens with zero attached hydrogens (tertiary/aromatic N) is 2. The Labute approximate surface area is 149 Å². The maximum absolute atomic E-state index is 13.0. The van der Waals surface area contributed by atoms with Crippen LogP contribution in [0.3, 0.4) is 0 Å². The van der Waals surface area contributed by atoms with Crippen molar-refractivity contribution in [2.75, 3.05) is 13.6 Å². The Morgan fingerprint density at radius 3 is 2.29 bits per heavy atom. The van der Waals surface area contributed by atoms with E-state index in [1.54, 1.807) is 0 Å². The van der Waals surface area contributed by atoms with Gasteiger partial charge in [0.15, 0.2) is 9.76 Å². The van der Waals surface area contributed by atoms with Gasteiger partial charge in [0.2, 0.25) is 5.91 Å². The molecule has 0 spiro atoms. The van der Waals surface area contributed by atoms with E-state index < -0.39 is 21.0 Å². The van der Waals surface area contributed by atoms with Crippen molar-refractivity contribution in [3.8, 4) is 0 Å². The molecule has 1 aromatic carbocycles. The number of carbonyl (C=O) groups is 1. The van der Waals surface area contributed by atoms with Crippen molar-refractivity contribution in [2.45, 2.75) is 64.4 Å². The minimum atomic E-state index is -0.756. The van der Waals surface area contributed by atoms with Crippen molar-refractivity contribution in [1.82, 2.24) is 9.80 Å². The smallest absolute Gasteiger partial charge is 0.244 e. The minimum Gasteiger partial charge on any atom is -0.401 e. The Bertz CT molecular complexity index is 583. The predicted molar refractivity (Wildman–Crippen MR) is 101 cm³/mol. The van der Waals surface area contributed by atoms with Crippen molar-refractivity contribution in [2.24, 2.45) is 0 Å². The Hall–Kier alpha value is -1.17. The summed E-state index contributed by atoms with van der Waals surface area (Å²) >= 11 is 0. The molecular weight excluding hydrogens is 316 g/mol. The second-order valence-corrected chi connectivity index (χ2v) is 11.5. The summed E-state index contributed by atoms with van der Waals surface area (Å²) in [7, 11) is 1.12. The van der Waals surface area contributed by atoms with Gasteiger partial charge in [-0.1, -0.05) is 51.1 Å². The largest absolute Gasteiger partial charge is 0.401 e. The highest BCUT2D eigenvalue weighted by atomic mass is 28.2. The van der Waals surface area contributed by atoms with Crippen LogP contribution < -0.4 is 0 Å². The predicted octanol–water partition coefficient (Wildman–Crippen LogP) is 2.77. The molecule has 5 heteroatoms. The van der Waals surface area contributed by atoms with Crippen molar-refractivity contribution < 1.29 is 9.22 Å². The zero-order valence-corrected chi connectivity index (χ0v) is 17.6. The maximum Gasteiger partial charge on any atom is 0.244 e. The van der Waals surface area contributed by atoms with E-state index in [1.807, 2.05) is 44.0 Å². The fraction of sp³-hybridized carbons (Fsp3) is 0.632. The van der Waals surface area contributed by atoms with E-state index in [9.17, 15) is 4.79 Å². The molecule has 1 fully saturated rings. The third-order valence-corrected chi connectivity index (χ3v) is 6.48. The van der Waals surface area contributed by atoms with Crippen LogP contribution in [0, 0.1) is 0 Å². The van der Waals surface area contributed by atoms with Crippen LogP contribution in [-0.4, -0.2) is 50.3 Å². The molecule has 0 aromatic heterocycles. The van der Waals surface area contributed by atoms with Gasteiger partial charge in [-0.05, 0) is 31.4 Å². The molecule has 1 aliphatic heterocycles. The average Bonchev–Trinajstić information content (AvgIpc) is 2.50. The van der Waals surface area contributed by atoms with Gasteiger partial charge < -0.3 is 9.33 Å². The van der Waals surface area contributed by atoms with Crippen molar-refractivity contribution in [1.29, 1.82) is 0 Å². The first-order valence-electron chi connectivity index (χ1n) is 8.67. The van der Waals surface area contributed by atoms with E-state index in [1.165, 1.54) is 5.56 Å². The van der Waals surface area contributed by atoms with Gasteiger partial charge in [0.1, 0.15) is 5.72 Å². The highest BCUT2D eigenvalue weighted by molar-refractivity contribution is 6.31. The van der Waals surface area contributed by atoms with Crippen LogP contribution >= 0.6 is 0 Å². The lowest BCUT2D eigenvalue weighted by atomic mass is 9.93. The van der Waals surface area contributed by atoms with E-state index in [0.29, 0.717) is 0 Å². The van der Waals surface area contributed by atoms with Gasteiger partial charge >= 0.3 is 0 Å². The van der Waals surface area contributed by atoms with Crippen molar-refractivity contribution in [3.63, 3.8) is 0 Å². The van der Waals surface area contributed by atoms with E-state index in [2.05, 4.69) is 44.7 Å². The molecular formula is C19H32N2O2Si. The molecule has 2 rings (SSSR count). The van der Waals surface area contributed by atoms with Crippen LogP contribution in [0.5, 0.6) is 0 Å². The van der Waals surface area contributed by atoms with Gasteiger partial charge in [0.05, 0.1) is 5.54 Å². The van der Waals surface area contributed by atoms with Gasteiger partial charge in [-0.25, -0.2) is 0 Å². The first kappa shape index (κ1) is 19.2. The highest BCUT2D eigenvalue weighted by Gasteiger charge is 2.50. The fourth-order valence-electron chi connectivity index (χ4n) is 2.99. The number of amides is 1. The molecule has 1 aliphatic rings. The second kappa shape index (κ2) is 6.62. The fourth-order valence-corrected chi connectivity index (χ4v) is 4.02. The number of rotatable bonds is 4. The Morgan fingerprint density at radius 2 is 1.75 bits per heavy atom. The minimum absolute atomic E-state index is 0.120. The van der Waals surface area contributed by atoms with E-state index in [4.69, 9.17) is 4.43 Å². The molecule has 1 aromatic rings. The first-order chi connectivity index (χ1) is 11.0. The summed E-state index contributed by atoms with van der Waals surface area (Å²) in [6.07, 6.45) is 0. The molecule has 0 bridgehead atoms. The second-order valence-electron chi connectivity index (χ2n) is 8.79. The average molecular weight is 349 g/mol. The highest BCUT2D eigenvalue weighted by Crippen LogP contribution is 2.34. The summed E-state index contributed by atoms with van der Waals surface area (Å²) in [4.78, 5) is 17.1. The number of likely N-dealkylation sites (N-methyl/N-ethyl adjacent to an activating group) is 1. The lowest BCUT2D eigenvalue weighted by Gasteiger charge is -2.54. The maximum atomic E-state index is 13.0. The number of hydrogen-bond acceptors (Lipinski definition) is 3. The molecule has 1 heterocycles. The molecule has 0 N–H and O–H groups in total. The summed E-state index contributed by atoms with van der Waals surface area (Å²) in [5.74, 6) is 0.120. The van der Waals surface area contributed by atoms with Gasteiger partial charge in [0, 0.05) is 20.1 Å². The van der Waals surface area contributed by atoms with Crippen LogP contribution in [0.1, 0.15) is 47.1 Å². The number of piperazine rings is 1. The number of hydrogen-bond donors (Lipinski definition) is 0. The van der Waals surface area contributed by atoms with Gasteiger partial charge in [0.25, 0.3) is 0 Å². The van der Waals surface area contributed by atoms with Crippen molar-refractivity contribution in [3.05, 3.63) is 35.9 Å². The monoisotopic (exact) mass is 348 g/mol. The molecule has 24 heavy (non-hydrogen) atoms. The van der Waals surface area contributed by atoms with Gasteiger partial charge in [-0.15, -0.1) is 0 Å². The molecule has 4 nitrogen and oxygen atoms in total. The summed E-state index contributed by atoms with van der Waals surface area (Å²) in [6.45, 7) is 14.2. The molecule has 1 unspecified atom stereocenters. The lowest BCUT2D eigenvalue weighted by Crippen LogP contribution is -2.71. The Kier molecular flexibility index (Phi) is 5.28. The summed E-state index contributed by atoms with van der Waals surface area (Å²) in [6, 6.07) is 10.3. The molecule has 0 aliphatic carbocycles. The zero-order valence-electron chi connectivity index (χ0n) is 16.2. The van der Waals surface area contributed by atoms with Crippen LogP contribution in [-0.2, 0) is 15.8 Å². The SMILES string of the molecule is CN1C(=O)C(C)(C)N(Cc2ccccc2)CC1(C)O[SiH2]C(C)(C)C. The topological polar surface area (TPSA) is 32.8 Å². The van der Waals surface area contributed by atoms with E-state index >= 15 is 0 Å². The quantitative estimate of drug-likeness (QED) is 0.785. The van der Waals surface area contributed by atoms with Crippen LogP contribution in [0.25, 0.3) is 0 Å². The normalized spacial score (nSPS) is 25.6. The molecule has 1 amide bonds. The third-order valence-electron chi connectivity index (χ3n) is 4.84. The van der Waals surface area contributed by atoms with E-state index in [0.717, 1.165) is 13.1 Å². The number of benzene rings is 1. The lowest BCUT2D eigenvalue weighted by molar-refractivity contribution is -0.183. The van der Waals surface area contributed by atoms with Crippen LogP contribution in [0.2, 0.25) is 5.04 Å². The van der Waals surface area contributed by atoms with Crippen LogP contribution in [0.15, 0.2) is 30.3 Å². The first-order valence-corrected chi connectivity index (χ1v) is 9.95. The standard InChI is InChI=1S/C19H32N2O2Si/c1-17(2,3)24-23-19(6)14-21(13-15-11-9-8-10-12-15)18(4,5)16(22)20(19)7/h8-12H,13-14,24H2,1-7H3. The van der Waals surface area contributed by atoms with E-state index in [-0.39, 0.29) is 10.9 Å². The zero-order chi connectivity index (χ0) is 18.2. The number of carbonyl (C=O) groups excluding carboxylic acids is 1. The van der Waals surface area contributed by atoms with Crippen LogP contribution in [0.4, 0.5) is 0 Å². The Balaban J connectivity index is 2.24. The van der Waals surface area contributed by atoms with Gasteiger partial charge in [-0.3, -0.25) is 9.69 Å². The Morgan fingerprint density at radius 1 is 1.17 bits per heavy atom. The summed E-state index contributed by atoms with van der Waals surface area (Å²) < 4.78 is 6.38. The van der Waals surface area contributed by atoms with Gasteiger partial charge in [-0.2, -0.15) is 0 Å². The molecule has 0 saturated carbocycles. The molecule has 1 atom stereocenters. The molecule has 0 radical (unpaired) electrons. The summed E-state index contributed by atoms with van der Waals surface area (Å²) in [5, 5.41) is 0.199. The molecule has 134 valence electrons.